The number of hydrogen-bond donors (Lipinski definition) is 1. The predicted octanol–water partition coefficient (Wildman–Crippen LogP) is 3.28. The normalized spacial score (nSPS) is 21.5. The zero-order chi connectivity index (χ0) is 11.4. The van der Waals surface area contributed by atoms with Crippen LogP contribution in [-0.2, 0) is 4.74 Å². The third-order valence-corrected chi connectivity index (χ3v) is 3.33. The lowest BCUT2D eigenvalue weighted by Crippen LogP contribution is -2.19. The van der Waals surface area contributed by atoms with Crippen LogP contribution in [0.3, 0.4) is 0 Å². The second-order valence-corrected chi connectivity index (χ2v) is 4.68. The summed E-state index contributed by atoms with van der Waals surface area (Å²) in [5, 5.41) is 3.61. The topological polar surface area (TPSA) is 21.3 Å². The van der Waals surface area contributed by atoms with Crippen molar-refractivity contribution in [2.45, 2.75) is 39.2 Å². The minimum absolute atomic E-state index is 0.574. The van der Waals surface area contributed by atoms with Crippen LogP contribution >= 0.6 is 0 Å². The van der Waals surface area contributed by atoms with Crippen LogP contribution in [-0.4, -0.2) is 19.3 Å². The van der Waals surface area contributed by atoms with Gasteiger partial charge in [-0.25, -0.2) is 0 Å². The van der Waals surface area contributed by atoms with Gasteiger partial charge in [-0.3, -0.25) is 0 Å². The van der Waals surface area contributed by atoms with Crippen LogP contribution in [0.2, 0.25) is 0 Å². The Morgan fingerprint density at radius 2 is 2.00 bits per heavy atom. The molecule has 0 amide bonds. The Morgan fingerprint density at radius 1 is 1.12 bits per heavy atom. The summed E-state index contributed by atoms with van der Waals surface area (Å²) in [6, 6.07) is 7.17. The predicted molar refractivity (Wildman–Crippen MR) is 68.0 cm³/mol. The molecule has 1 unspecified atom stereocenters. The Hall–Kier alpha value is -1.02. The van der Waals surface area contributed by atoms with E-state index >= 15 is 0 Å². The van der Waals surface area contributed by atoms with Gasteiger partial charge in [0, 0.05) is 24.9 Å². The van der Waals surface area contributed by atoms with E-state index in [0.29, 0.717) is 6.04 Å². The smallest absolute Gasteiger partial charge is 0.0485 e. The summed E-state index contributed by atoms with van der Waals surface area (Å²) in [5.74, 6) is 0. The largest absolute Gasteiger partial charge is 0.382 e. The van der Waals surface area contributed by atoms with Crippen LogP contribution in [0.4, 0.5) is 5.69 Å². The maximum atomic E-state index is 5.47. The van der Waals surface area contributed by atoms with E-state index in [-0.39, 0.29) is 0 Å². The summed E-state index contributed by atoms with van der Waals surface area (Å²) in [6.45, 7) is 6.13. The molecule has 2 heteroatoms. The fourth-order valence-electron chi connectivity index (χ4n) is 2.12. The third-order valence-electron chi connectivity index (χ3n) is 3.33. The zero-order valence-corrected chi connectivity index (χ0v) is 10.3. The van der Waals surface area contributed by atoms with Crippen LogP contribution in [0.15, 0.2) is 18.2 Å². The van der Waals surface area contributed by atoms with Gasteiger partial charge in [-0.15, -0.1) is 0 Å². The van der Waals surface area contributed by atoms with Gasteiger partial charge < -0.3 is 10.1 Å². The van der Waals surface area contributed by atoms with Crippen molar-refractivity contribution in [2.75, 3.05) is 18.5 Å². The van der Waals surface area contributed by atoms with Crippen LogP contribution in [0.25, 0.3) is 0 Å². The van der Waals surface area contributed by atoms with Crippen molar-refractivity contribution in [3.8, 4) is 0 Å². The minimum Gasteiger partial charge on any atom is -0.382 e. The summed E-state index contributed by atoms with van der Waals surface area (Å²) in [6.07, 6.45) is 3.50. The molecule has 1 aliphatic rings. The molecule has 1 atom stereocenters. The third kappa shape index (κ3) is 2.99. The van der Waals surface area contributed by atoms with E-state index < -0.39 is 0 Å². The molecule has 0 aliphatic carbocycles. The molecule has 1 fully saturated rings. The van der Waals surface area contributed by atoms with Crippen LogP contribution < -0.4 is 5.32 Å². The average Bonchev–Trinajstić information content (AvgIpc) is 2.52. The first-order valence-electron chi connectivity index (χ1n) is 6.17. The highest BCUT2D eigenvalue weighted by atomic mass is 16.5. The molecule has 1 aromatic carbocycles. The van der Waals surface area contributed by atoms with Gasteiger partial charge in [0.2, 0.25) is 0 Å². The van der Waals surface area contributed by atoms with Crippen molar-refractivity contribution in [1.82, 2.24) is 0 Å². The Kier molecular flexibility index (Phi) is 3.83. The number of anilines is 1. The molecule has 88 valence electrons. The van der Waals surface area contributed by atoms with Crippen molar-refractivity contribution < 1.29 is 4.74 Å². The lowest BCUT2D eigenvalue weighted by atomic mass is 10.1. The van der Waals surface area contributed by atoms with Gasteiger partial charge in [0.1, 0.15) is 0 Å². The summed E-state index contributed by atoms with van der Waals surface area (Å²) in [5.41, 5.74) is 3.96. The highest BCUT2D eigenvalue weighted by Crippen LogP contribution is 2.18. The molecule has 1 saturated heterocycles. The van der Waals surface area contributed by atoms with Crippen molar-refractivity contribution in [3.63, 3.8) is 0 Å². The maximum absolute atomic E-state index is 5.47. The second-order valence-electron chi connectivity index (χ2n) is 4.68. The van der Waals surface area contributed by atoms with Crippen molar-refractivity contribution in [3.05, 3.63) is 29.3 Å². The van der Waals surface area contributed by atoms with E-state index in [2.05, 4.69) is 37.4 Å². The first-order valence-corrected chi connectivity index (χ1v) is 6.17. The molecule has 1 N–H and O–H groups in total. The maximum Gasteiger partial charge on any atom is 0.0485 e. The quantitative estimate of drug-likeness (QED) is 0.824. The number of benzene rings is 1. The molecule has 1 aromatic rings. The summed E-state index contributed by atoms with van der Waals surface area (Å²) in [7, 11) is 0. The monoisotopic (exact) mass is 219 g/mol. The van der Waals surface area contributed by atoms with E-state index in [0.717, 1.165) is 19.6 Å². The first-order chi connectivity index (χ1) is 7.75. The van der Waals surface area contributed by atoms with Crippen LogP contribution in [0.1, 0.15) is 30.4 Å². The molecule has 0 radical (unpaired) electrons. The van der Waals surface area contributed by atoms with Gasteiger partial charge in [-0.1, -0.05) is 6.07 Å². The highest BCUT2D eigenvalue weighted by Gasteiger charge is 2.11. The number of hydrogen-bond acceptors (Lipinski definition) is 2. The Morgan fingerprint density at radius 3 is 2.81 bits per heavy atom. The minimum atomic E-state index is 0.574. The summed E-state index contributed by atoms with van der Waals surface area (Å²) in [4.78, 5) is 0. The Labute approximate surface area is 98.0 Å². The van der Waals surface area contributed by atoms with Gasteiger partial charge in [0.05, 0.1) is 0 Å². The molecule has 2 nitrogen and oxygen atoms in total. The van der Waals surface area contributed by atoms with Crippen LogP contribution in [0.5, 0.6) is 0 Å². The number of nitrogens with one attached hydrogen (secondary N) is 1. The van der Waals surface area contributed by atoms with Gasteiger partial charge >= 0.3 is 0 Å². The average molecular weight is 219 g/mol. The molecule has 0 bridgehead atoms. The van der Waals surface area contributed by atoms with Crippen molar-refractivity contribution >= 4 is 5.69 Å². The Bertz CT molecular complexity index is 341. The molecule has 1 aliphatic heterocycles. The molecule has 0 saturated carbocycles. The highest BCUT2D eigenvalue weighted by molar-refractivity contribution is 5.48. The molecule has 0 spiro atoms. The summed E-state index contributed by atoms with van der Waals surface area (Å²) < 4.78 is 5.47. The van der Waals surface area contributed by atoms with E-state index in [9.17, 15) is 0 Å². The van der Waals surface area contributed by atoms with E-state index in [1.54, 1.807) is 0 Å². The number of aryl methyl sites for hydroxylation is 2. The van der Waals surface area contributed by atoms with Gasteiger partial charge in [-0.05, 0) is 56.4 Å². The standard InChI is InChI=1S/C14H21NO/c1-11-5-6-14(10-12(11)2)15-13-4-3-8-16-9-7-13/h5-6,10,13,15H,3-4,7-9H2,1-2H3. The fourth-order valence-corrected chi connectivity index (χ4v) is 2.12. The molecule has 1 heterocycles. The van der Waals surface area contributed by atoms with Gasteiger partial charge in [0.15, 0.2) is 0 Å². The summed E-state index contributed by atoms with van der Waals surface area (Å²) >= 11 is 0. The second kappa shape index (κ2) is 5.35. The van der Waals surface area contributed by atoms with E-state index in [4.69, 9.17) is 4.74 Å². The van der Waals surface area contributed by atoms with E-state index in [1.807, 2.05) is 0 Å². The SMILES string of the molecule is Cc1ccc(NC2CCCOCC2)cc1C. The van der Waals surface area contributed by atoms with Gasteiger partial charge in [0.25, 0.3) is 0 Å². The Balaban J connectivity index is 1.99. The zero-order valence-electron chi connectivity index (χ0n) is 10.3. The molecule has 2 rings (SSSR count). The fraction of sp³-hybridized carbons (Fsp3) is 0.571. The van der Waals surface area contributed by atoms with Crippen molar-refractivity contribution in [1.29, 1.82) is 0 Å². The lowest BCUT2D eigenvalue weighted by Gasteiger charge is -2.17. The van der Waals surface area contributed by atoms with Crippen LogP contribution in [0, 0.1) is 13.8 Å². The molecular formula is C14H21NO. The van der Waals surface area contributed by atoms with Crippen molar-refractivity contribution in [2.24, 2.45) is 0 Å². The molecule has 16 heavy (non-hydrogen) atoms. The van der Waals surface area contributed by atoms with E-state index in [1.165, 1.54) is 29.7 Å². The van der Waals surface area contributed by atoms with Gasteiger partial charge in [-0.2, -0.15) is 0 Å². The lowest BCUT2D eigenvalue weighted by molar-refractivity contribution is 0.144. The molecule has 0 aromatic heterocycles. The number of rotatable bonds is 2. The first kappa shape index (κ1) is 11.5. The molecular weight excluding hydrogens is 198 g/mol. The number of ether oxygens (including phenoxy) is 1.